The van der Waals surface area contributed by atoms with Crippen molar-refractivity contribution in [3.05, 3.63) is 46.4 Å². The Morgan fingerprint density at radius 1 is 1.00 bits per heavy atom. The van der Waals surface area contributed by atoms with Crippen LogP contribution in [0, 0.1) is 6.92 Å². The van der Waals surface area contributed by atoms with Gasteiger partial charge in [0.25, 0.3) is 10.0 Å². The number of fused-ring (bicyclic) bond motifs is 1. The van der Waals surface area contributed by atoms with E-state index in [1.807, 2.05) is 0 Å². The van der Waals surface area contributed by atoms with Crippen LogP contribution >= 0.6 is 0 Å². The average molecular weight is 363 g/mol. The van der Waals surface area contributed by atoms with Crippen LogP contribution in [0.15, 0.2) is 40.0 Å². The molecule has 25 heavy (non-hydrogen) atoms. The Hall–Kier alpha value is -2.94. The molecule has 132 valence electrons. The highest BCUT2D eigenvalue weighted by atomic mass is 32.2. The van der Waals surface area contributed by atoms with Crippen molar-refractivity contribution in [1.29, 1.82) is 0 Å². The lowest BCUT2D eigenvalue weighted by atomic mass is 10.2. The maximum atomic E-state index is 12.8. The minimum Gasteiger partial charge on any atom is -0.497 e. The summed E-state index contributed by atoms with van der Waals surface area (Å²) >= 11 is 0. The van der Waals surface area contributed by atoms with E-state index in [9.17, 15) is 13.2 Å². The second kappa shape index (κ2) is 6.17. The van der Waals surface area contributed by atoms with Crippen LogP contribution in [0.3, 0.4) is 0 Å². The van der Waals surface area contributed by atoms with E-state index < -0.39 is 15.7 Å². The second-order valence-electron chi connectivity index (χ2n) is 5.41. The Balaban J connectivity index is 2.05. The van der Waals surface area contributed by atoms with Gasteiger partial charge in [0.2, 0.25) is 0 Å². The molecular weight excluding hydrogens is 346 g/mol. The maximum Gasteiger partial charge on any atom is 0.323 e. The summed E-state index contributed by atoms with van der Waals surface area (Å²) in [6.45, 7) is 1.66. The Morgan fingerprint density at radius 2 is 1.68 bits per heavy atom. The van der Waals surface area contributed by atoms with Crippen LogP contribution in [0.1, 0.15) is 5.56 Å². The Labute approximate surface area is 143 Å². The molecule has 3 rings (SSSR count). The number of anilines is 1. The summed E-state index contributed by atoms with van der Waals surface area (Å²) in [5, 5.41) is 0. The number of hydrogen-bond acceptors (Lipinski definition) is 5. The number of ether oxygens (including phenoxy) is 2. The number of hydrogen-bond donors (Lipinski definition) is 3. The van der Waals surface area contributed by atoms with E-state index in [1.54, 1.807) is 31.2 Å². The summed E-state index contributed by atoms with van der Waals surface area (Å²) in [6.07, 6.45) is 0. The van der Waals surface area contributed by atoms with Gasteiger partial charge in [-0.1, -0.05) is 0 Å². The molecule has 0 saturated heterocycles. The number of aromatic nitrogens is 2. The summed E-state index contributed by atoms with van der Waals surface area (Å²) < 4.78 is 38.4. The maximum absolute atomic E-state index is 12.8. The predicted molar refractivity (Wildman–Crippen MR) is 94.0 cm³/mol. The third-order valence-corrected chi connectivity index (χ3v) is 5.26. The van der Waals surface area contributed by atoms with Crippen LogP contribution in [0.4, 0.5) is 5.69 Å². The third-order valence-electron chi connectivity index (χ3n) is 3.75. The van der Waals surface area contributed by atoms with Crippen molar-refractivity contribution in [3.8, 4) is 11.5 Å². The van der Waals surface area contributed by atoms with Crippen molar-refractivity contribution in [2.45, 2.75) is 11.8 Å². The van der Waals surface area contributed by atoms with Crippen molar-refractivity contribution in [2.75, 3.05) is 18.9 Å². The number of H-pyrrole nitrogens is 2. The highest BCUT2D eigenvalue weighted by Gasteiger charge is 2.20. The number of methoxy groups -OCH3 is 2. The van der Waals surface area contributed by atoms with Gasteiger partial charge in [0.05, 0.1) is 35.8 Å². The molecule has 0 amide bonds. The molecule has 8 nitrogen and oxygen atoms in total. The van der Waals surface area contributed by atoms with E-state index in [-0.39, 0.29) is 10.6 Å². The second-order valence-corrected chi connectivity index (χ2v) is 7.06. The fourth-order valence-electron chi connectivity index (χ4n) is 2.54. The Bertz CT molecular complexity index is 1100. The molecule has 0 unspecified atom stereocenters. The number of imidazole rings is 1. The smallest absolute Gasteiger partial charge is 0.323 e. The van der Waals surface area contributed by atoms with Gasteiger partial charge in [-0.25, -0.2) is 13.2 Å². The summed E-state index contributed by atoms with van der Waals surface area (Å²) in [6, 6.07) is 7.78. The molecule has 0 fully saturated rings. The van der Waals surface area contributed by atoms with Crippen LogP contribution in [-0.4, -0.2) is 32.6 Å². The van der Waals surface area contributed by atoms with Crippen LogP contribution in [0.2, 0.25) is 0 Å². The fourth-order valence-corrected chi connectivity index (χ4v) is 3.87. The Morgan fingerprint density at radius 3 is 2.32 bits per heavy atom. The summed E-state index contributed by atoms with van der Waals surface area (Å²) in [7, 11) is -0.937. The first-order chi connectivity index (χ1) is 11.8. The summed E-state index contributed by atoms with van der Waals surface area (Å²) in [5.74, 6) is 0.874. The van der Waals surface area contributed by atoms with Gasteiger partial charge < -0.3 is 19.4 Å². The van der Waals surface area contributed by atoms with E-state index >= 15 is 0 Å². The SMILES string of the molecule is COc1ccc(NS(=O)(=O)c2cc3[nH]c(=O)[nH]c3cc2C)c(OC)c1. The van der Waals surface area contributed by atoms with E-state index in [1.165, 1.54) is 20.3 Å². The van der Waals surface area contributed by atoms with Gasteiger partial charge in [0, 0.05) is 6.07 Å². The zero-order valence-electron chi connectivity index (χ0n) is 13.8. The van der Waals surface area contributed by atoms with Crippen LogP contribution in [-0.2, 0) is 10.0 Å². The zero-order valence-corrected chi connectivity index (χ0v) is 14.7. The molecule has 1 heterocycles. The molecule has 0 aliphatic rings. The molecule has 0 spiro atoms. The lowest BCUT2D eigenvalue weighted by Crippen LogP contribution is -2.15. The lowest BCUT2D eigenvalue weighted by molar-refractivity contribution is 0.395. The van der Waals surface area contributed by atoms with Gasteiger partial charge in [-0.2, -0.15) is 0 Å². The van der Waals surface area contributed by atoms with Gasteiger partial charge in [0.15, 0.2) is 0 Å². The van der Waals surface area contributed by atoms with Crippen molar-refractivity contribution in [3.63, 3.8) is 0 Å². The summed E-state index contributed by atoms with van der Waals surface area (Å²) in [4.78, 5) is 16.6. The van der Waals surface area contributed by atoms with Gasteiger partial charge in [0.1, 0.15) is 11.5 Å². The first-order valence-electron chi connectivity index (χ1n) is 7.31. The van der Waals surface area contributed by atoms with Gasteiger partial charge in [-0.05, 0) is 36.8 Å². The third kappa shape index (κ3) is 3.18. The van der Waals surface area contributed by atoms with Gasteiger partial charge in [-0.15, -0.1) is 0 Å². The molecule has 3 N–H and O–H groups in total. The molecule has 2 aromatic carbocycles. The number of aryl methyl sites for hydroxylation is 1. The standard InChI is InChI=1S/C16H17N3O5S/c1-9-6-12-13(18-16(20)17-12)8-15(9)25(21,22)19-11-5-4-10(23-2)7-14(11)24-3/h4-8,19H,1-3H3,(H2,17,18,20). The minimum absolute atomic E-state index is 0.0631. The highest BCUT2D eigenvalue weighted by molar-refractivity contribution is 7.92. The monoisotopic (exact) mass is 363 g/mol. The van der Waals surface area contributed by atoms with Gasteiger partial charge >= 0.3 is 5.69 Å². The molecule has 0 saturated carbocycles. The molecule has 0 bridgehead atoms. The minimum atomic E-state index is -3.89. The van der Waals surface area contributed by atoms with E-state index in [4.69, 9.17) is 9.47 Å². The largest absolute Gasteiger partial charge is 0.497 e. The van der Waals surface area contributed by atoms with Crippen molar-refractivity contribution in [2.24, 2.45) is 0 Å². The molecule has 0 atom stereocenters. The number of rotatable bonds is 5. The molecule has 1 aromatic heterocycles. The van der Waals surface area contributed by atoms with E-state index in [0.717, 1.165) is 0 Å². The van der Waals surface area contributed by atoms with Crippen molar-refractivity contribution in [1.82, 2.24) is 9.97 Å². The lowest BCUT2D eigenvalue weighted by Gasteiger charge is -2.14. The molecular formula is C16H17N3O5S. The number of sulfonamides is 1. The van der Waals surface area contributed by atoms with Gasteiger partial charge in [-0.3, -0.25) is 4.72 Å². The van der Waals surface area contributed by atoms with Crippen LogP contribution in [0.25, 0.3) is 11.0 Å². The molecule has 9 heteroatoms. The number of nitrogens with one attached hydrogen (secondary N) is 3. The van der Waals surface area contributed by atoms with Crippen molar-refractivity contribution < 1.29 is 17.9 Å². The normalized spacial score (nSPS) is 11.5. The zero-order chi connectivity index (χ0) is 18.2. The molecule has 0 radical (unpaired) electrons. The number of benzene rings is 2. The molecule has 3 aromatic rings. The number of aromatic amines is 2. The first kappa shape index (κ1) is 16.9. The fraction of sp³-hybridized carbons (Fsp3) is 0.188. The highest BCUT2D eigenvalue weighted by Crippen LogP contribution is 2.31. The van der Waals surface area contributed by atoms with E-state index in [0.29, 0.717) is 28.1 Å². The predicted octanol–water partition coefficient (Wildman–Crippen LogP) is 1.98. The van der Waals surface area contributed by atoms with Crippen LogP contribution < -0.4 is 19.9 Å². The Kier molecular flexibility index (Phi) is 4.17. The molecule has 0 aliphatic carbocycles. The average Bonchev–Trinajstić information content (AvgIpc) is 2.93. The summed E-state index contributed by atoms with van der Waals surface area (Å²) in [5.41, 5.74) is 1.35. The van der Waals surface area contributed by atoms with Crippen molar-refractivity contribution >= 4 is 26.7 Å². The quantitative estimate of drug-likeness (QED) is 0.641. The first-order valence-corrected chi connectivity index (χ1v) is 8.80. The molecule has 0 aliphatic heterocycles. The van der Waals surface area contributed by atoms with Crippen LogP contribution in [0.5, 0.6) is 11.5 Å². The van der Waals surface area contributed by atoms with E-state index in [2.05, 4.69) is 14.7 Å². The topological polar surface area (TPSA) is 113 Å².